The monoisotopic (exact) mass is 829 g/mol. The van der Waals surface area contributed by atoms with Crippen LogP contribution in [0.2, 0.25) is 0 Å². The van der Waals surface area contributed by atoms with Gasteiger partial charge < -0.3 is 36.6 Å². The molecule has 4 heterocycles. The van der Waals surface area contributed by atoms with E-state index in [2.05, 4.69) is 36.8 Å². The number of carbonyl (C=O) groups is 5. The van der Waals surface area contributed by atoms with Crippen LogP contribution in [0.5, 0.6) is 0 Å². The van der Waals surface area contributed by atoms with Gasteiger partial charge >= 0.3 is 18.0 Å². The number of benzene rings is 1. The first-order valence-electron chi connectivity index (χ1n) is 21.6. The van der Waals surface area contributed by atoms with E-state index in [1.807, 2.05) is 47.8 Å². The lowest BCUT2D eigenvalue weighted by atomic mass is 10.0. The summed E-state index contributed by atoms with van der Waals surface area (Å²) in [5.74, 6) is 1.89. The molecule has 4 aliphatic heterocycles. The Labute approximate surface area is 348 Å². The van der Waals surface area contributed by atoms with Crippen molar-refractivity contribution in [2.75, 3.05) is 44.8 Å². The Balaban J connectivity index is 0.874. The number of unbranched alkanes of at least 4 members (excludes halogenated alkanes) is 9. The van der Waals surface area contributed by atoms with Crippen LogP contribution in [-0.2, 0) is 20.9 Å². The predicted molar refractivity (Wildman–Crippen MR) is 229 cm³/mol. The van der Waals surface area contributed by atoms with E-state index >= 15 is 0 Å². The molecule has 4 fully saturated rings. The molecule has 4 saturated heterocycles. The SMILES string of the molecule is COC(=O)c1ccc(CN(CCCCCCCNC(=O)CCCC[C@@H]2SC[C@@H]3NC(=O)N[C@@H]32)CCCCCCNC(=O)CCCC[C@@H]2SC[C@@H]3NC(=O)N[C@@H]32)cc1. The highest BCUT2D eigenvalue weighted by Crippen LogP contribution is 2.34. The molecule has 6 amide bonds. The van der Waals surface area contributed by atoms with Gasteiger partial charge in [0, 0.05) is 54.5 Å². The molecule has 0 saturated carbocycles. The molecule has 6 atom stereocenters. The Morgan fingerprint density at radius 2 is 1.12 bits per heavy atom. The highest BCUT2D eigenvalue weighted by atomic mass is 32.2. The third kappa shape index (κ3) is 15.5. The Hall–Kier alpha value is -3.17. The van der Waals surface area contributed by atoms with Crippen molar-refractivity contribution in [3.05, 3.63) is 35.4 Å². The Morgan fingerprint density at radius 3 is 1.61 bits per heavy atom. The van der Waals surface area contributed by atoms with Crippen LogP contribution in [-0.4, -0.2) is 114 Å². The quantitative estimate of drug-likeness (QED) is 0.0365. The number of amides is 6. The standard InChI is InChI=1S/C42H67N7O6S2/c1-55-40(52)31-21-19-30(20-22-31)27-49(26-14-6-4-12-24-44-37(51)18-10-8-16-35-39-33(29-57-35)46-42(54)48-39)25-13-5-2-3-11-23-43-36(50)17-9-7-15-34-38-32(28-56-34)45-41(53)47-38/h19-22,32-35,38-39H,2-18,23-29H2,1H3,(H,43,50)(H,44,51)(H2,45,47,53)(H2,46,48,54)/t32-,33-,34-,35-,38-,39-/m0/s1. The number of thioether (sulfide) groups is 2. The second kappa shape index (κ2) is 24.7. The smallest absolute Gasteiger partial charge is 0.337 e. The molecule has 318 valence electrons. The molecule has 15 heteroatoms. The number of ether oxygens (including phenoxy) is 1. The maximum atomic E-state index is 12.4. The molecule has 5 rings (SSSR count). The molecule has 0 spiro atoms. The van der Waals surface area contributed by atoms with Gasteiger partial charge in [-0.05, 0) is 82.2 Å². The fraction of sp³-hybridized carbons (Fsp3) is 0.738. The van der Waals surface area contributed by atoms with Crippen LogP contribution in [0.1, 0.15) is 125 Å². The average Bonchev–Trinajstić information content (AvgIpc) is 3.97. The van der Waals surface area contributed by atoms with Gasteiger partial charge in [-0.2, -0.15) is 23.5 Å². The molecular formula is C42H67N7O6S2. The molecule has 4 aliphatic rings. The first-order chi connectivity index (χ1) is 27.8. The third-order valence-electron chi connectivity index (χ3n) is 11.6. The van der Waals surface area contributed by atoms with E-state index in [-0.39, 0.29) is 54.0 Å². The van der Waals surface area contributed by atoms with Crippen molar-refractivity contribution in [2.45, 2.75) is 150 Å². The number of nitrogens with zero attached hydrogens (tertiary/aromatic N) is 1. The van der Waals surface area contributed by atoms with Crippen molar-refractivity contribution < 1.29 is 28.7 Å². The summed E-state index contributed by atoms with van der Waals surface area (Å²) in [6.45, 7) is 4.32. The van der Waals surface area contributed by atoms with Crippen molar-refractivity contribution in [1.29, 1.82) is 0 Å². The zero-order valence-corrected chi connectivity index (χ0v) is 35.6. The molecule has 0 bridgehead atoms. The minimum Gasteiger partial charge on any atom is -0.465 e. The van der Waals surface area contributed by atoms with Gasteiger partial charge in [-0.1, -0.05) is 57.1 Å². The van der Waals surface area contributed by atoms with Crippen LogP contribution in [0, 0.1) is 0 Å². The topological polar surface area (TPSA) is 170 Å². The van der Waals surface area contributed by atoms with Crippen molar-refractivity contribution in [3.8, 4) is 0 Å². The summed E-state index contributed by atoms with van der Waals surface area (Å²) in [7, 11) is 1.40. The zero-order valence-electron chi connectivity index (χ0n) is 34.0. The van der Waals surface area contributed by atoms with E-state index in [1.54, 1.807) is 0 Å². The lowest BCUT2D eigenvalue weighted by Crippen LogP contribution is -2.36. The molecule has 0 radical (unpaired) electrons. The van der Waals surface area contributed by atoms with E-state index < -0.39 is 0 Å². The first kappa shape index (κ1) is 44.9. The molecule has 0 aliphatic carbocycles. The molecular weight excluding hydrogens is 763 g/mol. The number of fused-ring (bicyclic) bond motifs is 2. The minimum atomic E-state index is -0.322. The number of nitrogens with one attached hydrogen (secondary N) is 6. The van der Waals surface area contributed by atoms with E-state index in [1.165, 1.54) is 12.7 Å². The maximum Gasteiger partial charge on any atom is 0.337 e. The van der Waals surface area contributed by atoms with Gasteiger partial charge in [0.05, 0.1) is 36.8 Å². The van der Waals surface area contributed by atoms with Crippen LogP contribution in [0.4, 0.5) is 9.59 Å². The fourth-order valence-electron chi connectivity index (χ4n) is 8.38. The summed E-state index contributed by atoms with van der Waals surface area (Å²) in [4.78, 5) is 62.3. The lowest BCUT2D eigenvalue weighted by molar-refractivity contribution is -0.122. The first-order valence-corrected chi connectivity index (χ1v) is 23.7. The summed E-state index contributed by atoms with van der Waals surface area (Å²) < 4.78 is 4.86. The highest BCUT2D eigenvalue weighted by molar-refractivity contribution is 8.00. The van der Waals surface area contributed by atoms with E-state index in [4.69, 9.17) is 4.74 Å². The van der Waals surface area contributed by atoms with Crippen LogP contribution < -0.4 is 31.9 Å². The Kier molecular flexibility index (Phi) is 19.5. The number of carbonyl (C=O) groups excluding carboxylic acids is 5. The number of hydrogen-bond acceptors (Lipinski definition) is 9. The van der Waals surface area contributed by atoms with Crippen molar-refractivity contribution in [2.24, 2.45) is 0 Å². The molecule has 57 heavy (non-hydrogen) atoms. The summed E-state index contributed by atoms with van der Waals surface area (Å²) >= 11 is 3.85. The second-order valence-corrected chi connectivity index (χ2v) is 18.6. The number of esters is 1. The van der Waals surface area contributed by atoms with E-state index in [0.717, 1.165) is 141 Å². The third-order valence-corrected chi connectivity index (χ3v) is 14.7. The van der Waals surface area contributed by atoms with Crippen molar-refractivity contribution >= 4 is 53.4 Å². The normalized spacial score (nSPS) is 23.3. The van der Waals surface area contributed by atoms with Gasteiger partial charge in [-0.25, -0.2) is 14.4 Å². The number of rotatable bonds is 28. The van der Waals surface area contributed by atoms with Gasteiger partial charge in [0.15, 0.2) is 0 Å². The van der Waals surface area contributed by atoms with Crippen molar-refractivity contribution in [3.63, 3.8) is 0 Å². The molecule has 13 nitrogen and oxygen atoms in total. The molecule has 0 unspecified atom stereocenters. The van der Waals surface area contributed by atoms with E-state index in [9.17, 15) is 24.0 Å². The fourth-order valence-corrected chi connectivity index (χ4v) is 11.5. The molecule has 6 N–H and O–H groups in total. The summed E-state index contributed by atoms with van der Waals surface area (Å²) in [6, 6.07) is 8.57. The van der Waals surface area contributed by atoms with Crippen LogP contribution >= 0.6 is 23.5 Å². The largest absolute Gasteiger partial charge is 0.465 e. The maximum absolute atomic E-state index is 12.4. The summed E-state index contributed by atoms with van der Waals surface area (Å²) in [5.41, 5.74) is 1.74. The van der Waals surface area contributed by atoms with Gasteiger partial charge in [0.2, 0.25) is 11.8 Å². The predicted octanol–water partition coefficient (Wildman–Crippen LogP) is 5.47. The van der Waals surface area contributed by atoms with Gasteiger partial charge in [-0.15, -0.1) is 0 Å². The van der Waals surface area contributed by atoms with Crippen molar-refractivity contribution in [1.82, 2.24) is 36.8 Å². The lowest BCUT2D eigenvalue weighted by Gasteiger charge is -2.22. The zero-order chi connectivity index (χ0) is 40.2. The Bertz CT molecular complexity index is 1440. The highest BCUT2D eigenvalue weighted by Gasteiger charge is 2.43. The minimum absolute atomic E-state index is 0.0486. The van der Waals surface area contributed by atoms with E-state index in [0.29, 0.717) is 28.9 Å². The van der Waals surface area contributed by atoms with Gasteiger partial charge in [-0.3, -0.25) is 14.5 Å². The molecule has 0 aromatic heterocycles. The Morgan fingerprint density at radius 1 is 0.649 bits per heavy atom. The molecule has 1 aromatic carbocycles. The van der Waals surface area contributed by atoms with Crippen LogP contribution in [0.3, 0.4) is 0 Å². The average molecular weight is 830 g/mol. The number of hydrogen-bond donors (Lipinski definition) is 6. The summed E-state index contributed by atoms with van der Waals surface area (Å²) in [6.07, 6.45) is 16.8. The van der Waals surface area contributed by atoms with Gasteiger partial charge in [0.1, 0.15) is 0 Å². The number of urea groups is 2. The summed E-state index contributed by atoms with van der Waals surface area (Å²) in [5, 5.41) is 19.1. The van der Waals surface area contributed by atoms with Gasteiger partial charge in [0.25, 0.3) is 0 Å². The molecule has 1 aromatic rings. The number of methoxy groups -OCH3 is 1. The van der Waals surface area contributed by atoms with Crippen LogP contribution in [0.25, 0.3) is 0 Å². The van der Waals surface area contributed by atoms with Crippen LogP contribution in [0.15, 0.2) is 24.3 Å². The second-order valence-electron chi connectivity index (χ2n) is 16.1.